The van der Waals surface area contributed by atoms with Crippen molar-refractivity contribution < 1.29 is 4.42 Å². The summed E-state index contributed by atoms with van der Waals surface area (Å²) in [5, 5.41) is 11.8. The van der Waals surface area contributed by atoms with Crippen LogP contribution in [0.25, 0.3) is 0 Å². The van der Waals surface area contributed by atoms with E-state index in [1.165, 1.54) is 5.56 Å². The van der Waals surface area contributed by atoms with Crippen molar-refractivity contribution in [2.75, 3.05) is 6.54 Å². The highest BCUT2D eigenvalue weighted by Gasteiger charge is 2.11. The second kappa shape index (κ2) is 5.57. The number of nitrogens with one attached hydrogen (secondary N) is 1. The molecule has 0 aromatic carbocycles. The fourth-order valence-electron chi connectivity index (χ4n) is 1.68. The molecule has 1 atom stereocenters. The van der Waals surface area contributed by atoms with Crippen LogP contribution in [0.4, 0.5) is 0 Å². The van der Waals surface area contributed by atoms with Gasteiger partial charge in [0.1, 0.15) is 11.5 Å². The molecule has 3 heteroatoms. The molecule has 0 aliphatic carbocycles. The molecule has 0 aliphatic heterocycles. The standard InChI is InChI=1S/C12H18N2O/c1-9-8-12(11(3)15-9)10(2)14-7-5-4-6-13/h8,10,14H,4-5,7H2,1-3H3. The molecule has 1 unspecified atom stereocenters. The maximum absolute atomic E-state index is 8.40. The monoisotopic (exact) mass is 206 g/mol. The van der Waals surface area contributed by atoms with Gasteiger partial charge < -0.3 is 9.73 Å². The third kappa shape index (κ3) is 3.41. The zero-order chi connectivity index (χ0) is 11.3. The van der Waals surface area contributed by atoms with Gasteiger partial charge in [-0.3, -0.25) is 0 Å². The Kier molecular flexibility index (Phi) is 4.38. The molecule has 1 N–H and O–H groups in total. The van der Waals surface area contributed by atoms with Gasteiger partial charge in [-0.15, -0.1) is 0 Å². The molecule has 0 aliphatic rings. The van der Waals surface area contributed by atoms with Crippen LogP contribution in [-0.4, -0.2) is 6.54 Å². The number of unbranched alkanes of at least 4 members (excludes halogenated alkanes) is 1. The Balaban J connectivity index is 2.43. The van der Waals surface area contributed by atoms with Gasteiger partial charge in [0.25, 0.3) is 0 Å². The average Bonchev–Trinajstić information content (AvgIpc) is 2.52. The number of rotatable bonds is 5. The fraction of sp³-hybridized carbons (Fsp3) is 0.583. The predicted octanol–water partition coefficient (Wildman–Crippen LogP) is 2.85. The summed E-state index contributed by atoms with van der Waals surface area (Å²) in [6.45, 7) is 6.93. The highest BCUT2D eigenvalue weighted by atomic mass is 16.3. The largest absolute Gasteiger partial charge is 0.466 e. The van der Waals surface area contributed by atoms with Crippen LogP contribution in [0.5, 0.6) is 0 Å². The number of hydrogen-bond acceptors (Lipinski definition) is 3. The molecule has 1 rings (SSSR count). The van der Waals surface area contributed by atoms with Crippen molar-refractivity contribution in [3.8, 4) is 6.07 Å². The van der Waals surface area contributed by atoms with Crippen molar-refractivity contribution in [3.63, 3.8) is 0 Å². The smallest absolute Gasteiger partial charge is 0.105 e. The first kappa shape index (κ1) is 11.8. The number of aryl methyl sites for hydroxylation is 2. The van der Waals surface area contributed by atoms with Crippen molar-refractivity contribution >= 4 is 0 Å². The van der Waals surface area contributed by atoms with E-state index in [0.29, 0.717) is 12.5 Å². The minimum Gasteiger partial charge on any atom is -0.466 e. The Labute approximate surface area is 91.1 Å². The number of nitriles is 1. The Morgan fingerprint density at radius 3 is 2.80 bits per heavy atom. The normalized spacial score (nSPS) is 12.4. The minimum atomic E-state index is 0.293. The van der Waals surface area contributed by atoms with Gasteiger partial charge in [-0.05, 0) is 39.8 Å². The minimum absolute atomic E-state index is 0.293. The molecule has 3 nitrogen and oxygen atoms in total. The number of furan rings is 1. The quantitative estimate of drug-likeness (QED) is 0.753. The third-order valence-corrected chi connectivity index (χ3v) is 2.46. The van der Waals surface area contributed by atoms with Crippen molar-refractivity contribution in [1.82, 2.24) is 5.32 Å². The highest BCUT2D eigenvalue weighted by Crippen LogP contribution is 2.20. The first-order valence-corrected chi connectivity index (χ1v) is 5.32. The van der Waals surface area contributed by atoms with Gasteiger partial charge in [0.2, 0.25) is 0 Å². The van der Waals surface area contributed by atoms with E-state index in [2.05, 4.69) is 24.4 Å². The number of nitrogens with zero attached hydrogens (tertiary/aromatic N) is 1. The zero-order valence-electron chi connectivity index (χ0n) is 9.63. The van der Waals surface area contributed by atoms with Crippen LogP contribution in [0.15, 0.2) is 10.5 Å². The van der Waals surface area contributed by atoms with E-state index < -0.39 is 0 Å². The summed E-state index contributed by atoms with van der Waals surface area (Å²) in [7, 11) is 0. The van der Waals surface area contributed by atoms with Crippen LogP contribution >= 0.6 is 0 Å². The molecule has 15 heavy (non-hydrogen) atoms. The zero-order valence-corrected chi connectivity index (χ0v) is 9.63. The second-order valence-corrected chi connectivity index (χ2v) is 3.81. The molecule has 1 aromatic rings. The fourth-order valence-corrected chi connectivity index (χ4v) is 1.68. The van der Waals surface area contributed by atoms with E-state index in [9.17, 15) is 0 Å². The average molecular weight is 206 g/mol. The molecule has 1 heterocycles. The molecule has 0 bridgehead atoms. The van der Waals surface area contributed by atoms with Crippen molar-refractivity contribution in [3.05, 3.63) is 23.2 Å². The lowest BCUT2D eigenvalue weighted by Gasteiger charge is -2.11. The van der Waals surface area contributed by atoms with E-state index in [1.807, 2.05) is 13.8 Å². The summed E-state index contributed by atoms with van der Waals surface area (Å²) >= 11 is 0. The summed E-state index contributed by atoms with van der Waals surface area (Å²) < 4.78 is 5.47. The van der Waals surface area contributed by atoms with E-state index in [0.717, 1.165) is 24.5 Å². The van der Waals surface area contributed by atoms with Crippen LogP contribution in [0.2, 0.25) is 0 Å². The highest BCUT2D eigenvalue weighted by molar-refractivity contribution is 5.23. The van der Waals surface area contributed by atoms with Crippen LogP contribution in [0.1, 0.15) is 42.9 Å². The first-order valence-electron chi connectivity index (χ1n) is 5.32. The van der Waals surface area contributed by atoms with Crippen LogP contribution in [0, 0.1) is 25.2 Å². The number of hydrogen-bond donors (Lipinski definition) is 1. The topological polar surface area (TPSA) is 49.0 Å². The molecule has 0 radical (unpaired) electrons. The van der Waals surface area contributed by atoms with Crippen molar-refractivity contribution in [1.29, 1.82) is 5.26 Å². The lowest BCUT2D eigenvalue weighted by atomic mass is 10.1. The molecule has 0 amide bonds. The van der Waals surface area contributed by atoms with Crippen LogP contribution in [-0.2, 0) is 0 Å². The van der Waals surface area contributed by atoms with Crippen molar-refractivity contribution in [2.24, 2.45) is 0 Å². The molecule has 0 saturated carbocycles. The molecule has 0 fully saturated rings. The summed E-state index contributed by atoms with van der Waals surface area (Å²) in [5.74, 6) is 1.93. The Morgan fingerprint density at radius 1 is 1.53 bits per heavy atom. The molecule has 0 spiro atoms. The summed E-state index contributed by atoms with van der Waals surface area (Å²) in [5.41, 5.74) is 1.21. The van der Waals surface area contributed by atoms with Crippen molar-refractivity contribution in [2.45, 2.75) is 39.7 Å². The lowest BCUT2D eigenvalue weighted by molar-refractivity contribution is 0.489. The van der Waals surface area contributed by atoms with Gasteiger partial charge >= 0.3 is 0 Å². The SMILES string of the molecule is Cc1cc(C(C)NCCCC#N)c(C)o1. The maximum Gasteiger partial charge on any atom is 0.105 e. The summed E-state index contributed by atoms with van der Waals surface area (Å²) in [6, 6.07) is 4.50. The summed E-state index contributed by atoms with van der Waals surface area (Å²) in [6.07, 6.45) is 1.51. The van der Waals surface area contributed by atoms with E-state index in [-0.39, 0.29) is 0 Å². The molecule has 0 saturated heterocycles. The Bertz CT molecular complexity index is 349. The van der Waals surface area contributed by atoms with E-state index in [4.69, 9.17) is 9.68 Å². The van der Waals surface area contributed by atoms with Gasteiger partial charge in [-0.2, -0.15) is 5.26 Å². The molecular weight excluding hydrogens is 188 g/mol. The molecular formula is C12H18N2O. The van der Waals surface area contributed by atoms with Gasteiger partial charge in [0, 0.05) is 18.0 Å². The third-order valence-electron chi connectivity index (χ3n) is 2.46. The maximum atomic E-state index is 8.40. The van der Waals surface area contributed by atoms with Crippen LogP contribution < -0.4 is 5.32 Å². The van der Waals surface area contributed by atoms with Gasteiger partial charge in [0.15, 0.2) is 0 Å². The van der Waals surface area contributed by atoms with Crippen LogP contribution in [0.3, 0.4) is 0 Å². The summed E-state index contributed by atoms with van der Waals surface area (Å²) in [4.78, 5) is 0. The molecule has 1 aromatic heterocycles. The van der Waals surface area contributed by atoms with Gasteiger partial charge in [-0.25, -0.2) is 0 Å². The first-order chi connectivity index (χ1) is 7.15. The van der Waals surface area contributed by atoms with E-state index >= 15 is 0 Å². The lowest BCUT2D eigenvalue weighted by Crippen LogP contribution is -2.19. The Morgan fingerprint density at radius 2 is 2.27 bits per heavy atom. The van der Waals surface area contributed by atoms with Gasteiger partial charge in [0.05, 0.1) is 6.07 Å². The molecule has 82 valence electrons. The predicted molar refractivity (Wildman–Crippen MR) is 59.4 cm³/mol. The Hall–Kier alpha value is -1.27. The second-order valence-electron chi connectivity index (χ2n) is 3.81. The van der Waals surface area contributed by atoms with Gasteiger partial charge in [-0.1, -0.05) is 0 Å². The van der Waals surface area contributed by atoms with E-state index in [1.54, 1.807) is 0 Å².